The highest BCUT2D eigenvalue weighted by atomic mass is 14.7. The minimum atomic E-state index is 0.0839. The number of rotatable bonds is 3. The van der Waals surface area contributed by atoms with E-state index < -0.39 is 0 Å². The normalized spacial score (nSPS) is 23.7. The average molecular weight is 625 g/mol. The lowest BCUT2D eigenvalue weighted by molar-refractivity contribution is 0.596. The smallest absolute Gasteiger partial charge is 0.0715 e. The molecule has 2 aromatic heterocycles. The molecule has 4 bridgehead atoms. The van der Waals surface area contributed by atoms with Gasteiger partial charge in [-0.1, -0.05) is 63.2 Å². The van der Waals surface area contributed by atoms with Crippen LogP contribution in [0.4, 0.5) is 0 Å². The molecule has 4 aliphatic carbocycles. The average Bonchev–Trinajstić information content (AvgIpc) is 3.88. The number of hydrogen-bond donors (Lipinski definition) is 0. The van der Waals surface area contributed by atoms with Gasteiger partial charge in [0.2, 0.25) is 0 Å². The molecule has 0 N–H and O–H groups in total. The van der Waals surface area contributed by atoms with E-state index in [0.29, 0.717) is 17.8 Å². The molecule has 2 heteroatoms. The second-order valence-corrected chi connectivity index (χ2v) is 16.6. The maximum Gasteiger partial charge on any atom is 0.0715 e. The Morgan fingerprint density at radius 3 is 2.12 bits per heavy atom. The predicted octanol–water partition coefficient (Wildman–Crippen LogP) is 12.2. The lowest BCUT2D eigenvalue weighted by atomic mass is 9.77. The summed E-state index contributed by atoms with van der Waals surface area (Å²) >= 11 is 0. The highest BCUT2D eigenvalue weighted by Gasteiger charge is 2.45. The Morgan fingerprint density at radius 1 is 0.562 bits per heavy atom. The zero-order valence-corrected chi connectivity index (χ0v) is 28.9. The van der Waals surface area contributed by atoms with Gasteiger partial charge < -0.3 is 0 Å². The molecule has 2 heterocycles. The molecule has 2 nitrogen and oxygen atoms in total. The highest BCUT2D eigenvalue weighted by Crippen LogP contribution is 2.61. The molecule has 238 valence electrons. The minimum absolute atomic E-state index is 0.0839. The van der Waals surface area contributed by atoms with Gasteiger partial charge in [0.25, 0.3) is 0 Å². The summed E-state index contributed by atoms with van der Waals surface area (Å²) in [5.74, 6) is 3.28. The maximum atomic E-state index is 5.34. The van der Waals surface area contributed by atoms with Crippen LogP contribution in [0.3, 0.4) is 0 Å². The fraction of sp³-hybridized carbons (Fsp3) is 0.348. The molecule has 6 aromatic rings. The van der Waals surface area contributed by atoms with Crippen LogP contribution in [0, 0.1) is 13.8 Å². The van der Waals surface area contributed by atoms with E-state index in [-0.39, 0.29) is 5.41 Å². The Bertz CT molecular complexity index is 2320. The Morgan fingerprint density at radius 2 is 1.29 bits per heavy atom. The van der Waals surface area contributed by atoms with Crippen LogP contribution >= 0.6 is 0 Å². The van der Waals surface area contributed by atoms with Crippen molar-refractivity contribution >= 4 is 21.8 Å². The van der Waals surface area contributed by atoms with Crippen molar-refractivity contribution in [1.82, 2.24) is 9.97 Å². The van der Waals surface area contributed by atoms with Gasteiger partial charge in [0.05, 0.1) is 22.4 Å². The maximum absolute atomic E-state index is 5.34. The van der Waals surface area contributed by atoms with Gasteiger partial charge in [-0.3, -0.25) is 0 Å². The molecular formula is C46H44N2. The first-order valence-corrected chi connectivity index (χ1v) is 18.3. The topological polar surface area (TPSA) is 25.8 Å². The van der Waals surface area contributed by atoms with Crippen LogP contribution in [0.25, 0.3) is 44.3 Å². The number of aryl methyl sites for hydroxylation is 2. The summed E-state index contributed by atoms with van der Waals surface area (Å²) in [6, 6.07) is 32.6. The van der Waals surface area contributed by atoms with E-state index in [9.17, 15) is 0 Å². The molecule has 10 rings (SSSR count). The summed E-state index contributed by atoms with van der Waals surface area (Å²) in [6.07, 6.45) is 6.59. The Kier molecular flexibility index (Phi) is 6.04. The van der Waals surface area contributed by atoms with Crippen LogP contribution in [-0.2, 0) is 5.41 Å². The summed E-state index contributed by atoms with van der Waals surface area (Å²) in [7, 11) is 0. The van der Waals surface area contributed by atoms with Gasteiger partial charge in [-0.05, 0) is 168 Å². The summed E-state index contributed by atoms with van der Waals surface area (Å²) in [5.41, 5.74) is 19.0. The zero-order valence-electron chi connectivity index (χ0n) is 28.9. The van der Waals surface area contributed by atoms with E-state index in [1.165, 1.54) is 76.3 Å². The van der Waals surface area contributed by atoms with Crippen LogP contribution in [0.2, 0.25) is 0 Å². The first-order valence-electron chi connectivity index (χ1n) is 18.3. The van der Waals surface area contributed by atoms with Gasteiger partial charge in [-0.2, -0.15) is 0 Å². The second-order valence-electron chi connectivity index (χ2n) is 16.6. The van der Waals surface area contributed by atoms with Crippen molar-refractivity contribution in [3.63, 3.8) is 0 Å². The number of aromatic nitrogens is 2. The Balaban J connectivity index is 1.01. The number of benzene rings is 4. The van der Waals surface area contributed by atoms with Crippen molar-refractivity contribution in [2.45, 2.75) is 102 Å². The fourth-order valence-corrected chi connectivity index (χ4v) is 10.6. The summed E-state index contributed by atoms with van der Waals surface area (Å²) < 4.78 is 0. The van der Waals surface area contributed by atoms with Crippen LogP contribution in [0.5, 0.6) is 0 Å². The lowest BCUT2D eigenvalue weighted by Crippen LogP contribution is -2.12. The quantitative estimate of drug-likeness (QED) is 0.196. The number of fused-ring (bicyclic) bond motifs is 12. The molecule has 2 fully saturated rings. The minimum Gasteiger partial charge on any atom is -0.248 e. The standard InChI is InChI=1S/C46H44N2/c1-25-17-30(24-44-33(25)13-15-41(48-44)29-11-12-34-27-9-10-28(19-27)36(34)20-29)37-22-32-23-38(37)39-21-31(18-26(2)45(32)39)42-16-14-35-40(46(3,4)5)7-6-8-43(35)47-42/h6-8,11-18,20-21,24,27-28,32,37-38H,9-10,19,22-23H2,1-5H3. The zero-order chi connectivity index (χ0) is 32.5. The molecule has 48 heavy (non-hydrogen) atoms. The van der Waals surface area contributed by atoms with Gasteiger partial charge >= 0.3 is 0 Å². The number of hydrogen-bond acceptors (Lipinski definition) is 2. The summed E-state index contributed by atoms with van der Waals surface area (Å²) in [5, 5.41) is 2.54. The van der Waals surface area contributed by atoms with Crippen molar-refractivity contribution < 1.29 is 0 Å². The number of nitrogens with zero attached hydrogens (tertiary/aromatic N) is 2. The van der Waals surface area contributed by atoms with Crippen molar-refractivity contribution in [3.8, 4) is 22.5 Å². The van der Waals surface area contributed by atoms with E-state index in [1.807, 2.05) is 0 Å². The van der Waals surface area contributed by atoms with Gasteiger partial charge in [-0.15, -0.1) is 0 Å². The Labute approximate surface area is 284 Å². The molecule has 4 aromatic carbocycles. The molecule has 0 radical (unpaired) electrons. The molecular weight excluding hydrogens is 581 g/mol. The van der Waals surface area contributed by atoms with E-state index >= 15 is 0 Å². The van der Waals surface area contributed by atoms with Gasteiger partial charge in [0.15, 0.2) is 0 Å². The predicted molar refractivity (Wildman–Crippen MR) is 199 cm³/mol. The molecule has 5 unspecified atom stereocenters. The molecule has 0 saturated heterocycles. The van der Waals surface area contributed by atoms with E-state index in [4.69, 9.17) is 9.97 Å². The lowest BCUT2D eigenvalue weighted by Gasteiger charge is -2.27. The third-order valence-electron chi connectivity index (χ3n) is 12.8. The van der Waals surface area contributed by atoms with Crippen molar-refractivity contribution in [2.75, 3.05) is 0 Å². The first kappa shape index (κ1) is 28.7. The molecule has 0 aliphatic heterocycles. The SMILES string of the molecule is Cc1cc(-c2ccc3c(C(C)(C)C)cccc3n2)cc2c1C1CC(c3cc(C)c4ccc(-c5ccc6c(c5)C5CCC6C5)nc4c3)C2C1. The number of pyridine rings is 2. The van der Waals surface area contributed by atoms with Gasteiger partial charge in [-0.25, -0.2) is 9.97 Å². The monoisotopic (exact) mass is 624 g/mol. The van der Waals surface area contributed by atoms with Crippen molar-refractivity contribution in [3.05, 3.63) is 129 Å². The first-order chi connectivity index (χ1) is 23.2. The fourth-order valence-electron chi connectivity index (χ4n) is 10.6. The highest BCUT2D eigenvalue weighted by molar-refractivity contribution is 5.87. The molecule has 4 aliphatic rings. The summed E-state index contributed by atoms with van der Waals surface area (Å²) in [4.78, 5) is 10.6. The summed E-state index contributed by atoms with van der Waals surface area (Å²) in [6.45, 7) is 11.5. The van der Waals surface area contributed by atoms with E-state index in [1.54, 1.807) is 22.3 Å². The van der Waals surface area contributed by atoms with Crippen molar-refractivity contribution in [1.29, 1.82) is 0 Å². The third-order valence-corrected chi connectivity index (χ3v) is 12.8. The van der Waals surface area contributed by atoms with E-state index in [2.05, 4.69) is 120 Å². The van der Waals surface area contributed by atoms with Crippen LogP contribution < -0.4 is 0 Å². The van der Waals surface area contributed by atoms with Crippen LogP contribution in [0.1, 0.15) is 127 Å². The van der Waals surface area contributed by atoms with Gasteiger partial charge in [0, 0.05) is 21.9 Å². The van der Waals surface area contributed by atoms with Gasteiger partial charge in [0.1, 0.15) is 0 Å². The largest absolute Gasteiger partial charge is 0.248 e. The third kappa shape index (κ3) is 4.24. The molecule has 5 atom stereocenters. The van der Waals surface area contributed by atoms with Crippen molar-refractivity contribution in [2.24, 2.45) is 0 Å². The Hall–Kier alpha value is -4.30. The van der Waals surface area contributed by atoms with E-state index in [0.717, 1.165) is 34.3 Å². The molecule has 2 saturated carbocycles. The van der Waals surface area contributed by atoms with Crippen LogP contribution in [-0.4, -0.2) is 9.97 Å². The second kappa shape index (κ2) is 10.1. The molecule has 0 amide bonds. The van der Waals surface area contributed by atoms with Crippen LogP contribution in [0.15, 0.2) is 84.9 Å². The molecule has 0 spiro atoms.